The lowest BCUT2D eigenvalue weighted by molar-refractivity contribution is 0.652. The number of hydrogen-bond donors (Lipinski definition) is 1. The van der Waals surface area contributed by atoms with Crippen LogP contribution >= 0.6 is 11.6 Å². The summed E-state index contributed by atoms with van der Waals surface area (Å²) in [5.74, 6) is 0.664. The summed E-state index contributed by atoms with van der Waals surface area (Å²) in [4.78, 5) is 30.5. The number of nitrogens with one attached hydrogen (secondary N) is 1. The number of aryl methyl sites for hydroxylation is 1. The van der Waals surface area contributed by atoms with Crippen molar-refractivity contribution in [2.75, 3.05) is 0 Å². The molecular formula is C9H11ClN4O2. The van der Waals surface area contributed by atoms with E-state index in [1.54, 1.807) is 0 Å². The van der Waals surface area contributed by atoms with Crippen LogP contribution in [0, 0.1) is 0 Å². The zero-order chi connectivity index (χ0) is 11.9. The molecule has 0 aliphatic carbocycles. The summed E-state index contributed by atoms with van der Waals surface area (Å²) in [7, 11) is 1.44. The number of fused-ring (bicyclic) bond motifs is 1. The third kappa shape index (κ3) is 1.37. The van der Waals surface area contributed by atoms with Crippen molar-refractivity contribution in [3.05, 3.63) is 26.7 Å². The van der Waals surface area contributed by atoms with Gasteiger partial charge in [-0.1, -0.05) is 0 Å². The monoisotopic (exact) mass is 242 g/mol. The summed E-state index contributed by atoms with van der Waals surface area (Å²) in [5, 5.41) is 0. The van der Waals surface area contributed by atoms with Gasteiger partial charge in [-0.25, -0.2) is 9.78 Å². The lowest BCUT2D eigenvalue weighted by Crippen LogP contribution is -2.37. The van der Waals surface area contributed by atoms with E-state index in [2.05, 4.69) is 9.97 Å². The zero-order valence-corrected chi connectivity index (χ0v) is 9.71. The van der Waals surface area contributed by atoms with Gasteiger partial charge in [0.05, 0.1) is 5.88 Å². The van der Waals surface area contributed by atoms with Crippen LogP contribution in [0.2, 0.25) is 0 Å². The van der Waals surface area contributed by atoms with E-state index in [-0.39, 0.29) is 17.1 Å². The van der Waals surface area contributed by atoms with Gasteiger partial charge in [0.25, 0.3) is 5.56 Å². The maximum absolute atomic E-state index is 11.8. The predicted octanol–water partition coefficient (Wildman–Crippen LogP) is 0.182. The van der Waals surface area contributed by atoms with Crippen molar-refractivity contribution in [1.82, 2.24) is 19.1 Å². The molecule has 0 spiro atoms. The molecule has 6 nitrogen and oxygen atoms in total. The first-order chi connectivity index (χ1) is 7.60. The molecule has 7 heteroatoms. The van der Waals surface area contributed by atoms with Gasteiger partial charge < -0.3 is 4.98 Å². The summed E-state index contributed by atoms with van der Waals surface area (Å²) >= 11 is 5.64. The van der Waals surface area contributed by atoms with Crippen LogP contribution in [0.4, 0.5) is 0 Å². The van der Waals surface area contributed by atoms with E-state index in [9.17, 15) is 9.59 Å². The van der Waals surface area contributed by atoms with E-state index in [1.165, 1.54) is 11.6 Å². The number of imidazole rings is 1. The molecule has 0 aliphatic rings. The van der Waals surface area contributed by atoms with Crippen LogP contribution in [0.3, 0.4) is 0 Å². The minimum Gasteiger partial charge on any atom is -0.335 e. The molecule has 0 unspecified atom stereocenters. The van der Waals surface area contributed by atoms with Crippen molar-refractivity contribution in [2.45, 2.75) is 19.3 Å². The van der Waals surface area contributed by atoms with Gasteiger partial charge in [0, 0.05) is 13.6 Å². The van der Waals surface area contributed by atoms with Crippen molar-refractivity contribution in [1.29, 1.82) is 0 Å². The van der Waals surface area contributed by atoms with Crippen LogP contribution in [0.5, 0.6) is 0 Å². The Bertz CT molecular complexity index is 652. The fourth-order valence-corrected chi connectivity index (χ4v) is 1.76. The van der Waals surface area contributed by atoms with Crippen molar-refractivity contribution >= 4 is 22.8 Å². The Kier molecular flexibility index (Phi) is 2.59. The van der Waals surface area contributed by atoms with E-state index in [0.717, 1.165) is 4.57 Å². The largest absolute Gasteiger partial charge is 0.335 e. The molecule has 0 saturated carbocycles. The van der Waals surface area contributed by atoms with E-state index >= 15 is 0 Å². The molecule has 16 heavy (non-hydrogen) atoms. The molecule has 0 aliphatic heterocycles. The van der Waals surface area contributed by atoms with Gasteiger partial charge in [-0.05, 0) is 6.92 Å². The van der Waals surface area contributed by atoms with Gasteiger partial charge in [0.15, 0.2) is 5.65 Å². The fraction of sp³-hybridized carbons (Fsp3) is 0.444. The molecule has 2 rings (SSSR count). The minimum absolute atomic E-state index is 0.176. The first-order valence-electron chi connectivity index (χ1n) is 4.84. The van der Waals surface area contributed by atoms with E-state index in [1.807, 2.05) is 6.92 Å². The number of rotatable bonds is 2. The second kappa shape index (κ2) is 3.79. The first kappa shape index (κ1) is 10.9. The number of nitrogens with zero attached hydrogens (tertiary/aromatic N) is 3. The molecule has 0 bridgehead atoms. The van der Waals surface area contributed by atoms with Crippen LogP contribution in [-0.4, -0.2) is 19.1 Å². The second-order valence-corrected chi connectivity index (χ2v) is 3.67. The lowest BCUT2D eigenvalue weighted by atomic mass is 10.5. The number of halogens is 1. The number of aromatic nitrogens is 4. The van der Waals surface area contributed by atoms with Crippen LogP contribution in [0.25, 0.3) is 11.2 Å². The number of H-pyrrole nitrogens is 1. The highest BCUT2D eigenvalue weighted by Gasteiger charge is 2.13. The Morgan fingerprint density at radius 1 is 1.44 bits per heavy atom. The average Bonchev–Trinajstić information content (AvgIpc) is 2.71. The average molecular weight is 243 g/mol. The van der Waals surface area contributed by atoms with Crippen molar-refractivity contribution < 1.29 is 0 Å². The Morgan fingerprint density at radius 3 is 2.69 bits per heavy atom. The predicted molar refractivity (Wildman–Crippen MR) is 60.8 cm³/mol. The summed E-state index contributed by atoms with van der Waals surface area (Å²) in [6.07, 6.45) is 0. The zero-order valence-electron chi connectivity index (χ0n) is 8.95. The normalized spacial score (nSPS) is 11.2. The molecule has 0 aromatic carbocycles. The Morgan fingerprint density at radius 2 is 2.12 bits per heavy atom. The van der Waals surface area contributed by atoms with Gasteiger partial charge in [-0.15, -0.1) is 11.6 Å². The second-order valence-electron chi connectivity index (χ2n) is 3.41. The Hall–Kier alpha value is -1.56. The third-order valence-corrected chi connectivity index (χ3v) is 2.72. The highest BCUT2D eigenvalue weighted by molar-refractivity contribution is 6.16. The molecule has 0 radical (unpaired) electrons. The molecule has 1 N–H and O–H groups in total. The molecule has 0 atom stereocenters. The first-order valence-corrected chi connectivity index (χ1v) is 5.38. The van der Waals surface area contributed by atoms with Gasteiger partial charge in [-0.2, -0.15) is 0 Å². The SMILES string of the molecule is CCn1c(=O)n(C)c(=O)c2[nH]c(CCl)nc21. The Balaban J connectivity index is 3.01. The van der Waals surface area contributed by atoms with Gasteiger partial charge >= 0.3 is 5.69 Å². The summed E-state index contributed by atoms with van der Waals surface area (Å²) < 4.78 is 2.49. The molecule has 2 aromatic rings. The quantitative estimate of drug-likeness (QED) is 0.764. The highest BCUT2D eigenvalue weighted by atomic mass is 35.5. The maximum Gasteiger partial charge on any atom is 0.332 e. The van der Waals surface area contributed by atoms with Crippen LogP contribution in [0.15, 0.2) is 9.59 Å². The summed E-state index contributed by atoms with van der Waals surface area (Å²) in [5.41, 5.74) is -0.0629. The van der Waals surface area contributed by atoms with E-state index in [0.29, 0.717) is 23.5 Å². The van der Waals surface area contributed by atoms with Crippen LogP contribution in [0.1, 0.15) is 12.7 Å². The van der Waals surface area contributed by atoms with Gasteiger partial charge in [0.2, 0.25) is 0 Å². The number of hydrogen-bond acceptors (Lipinski definition) is 3. The van der Waals surface area contributed by atoms with Crippen molar-refractivity contribution in [2.24, 2.45) is 7.05 Å². The molecule has 86 valence electrons. The number of aromatic amines is 1. The number of alkyl halides is 1. The smallest absolute Gasteiger partial charge is 0.332 e. The molecule has 2 aromatic heterocycles. The lowest BCUT2D eigenvalue weighted by Gasteiger charge is -2.04. The summed E-state index contributed by atoms with van der Waals surface area (Å²) in [6, 6.07) is 0. The van der Waals surface area contributed by atoms with Crippen LogP contribution in [-0.2, 0) is 19.5 Å². The molecule has 0 saturated heterocycles. The van der Waals surface area contributed by atoms with Gasteiger partial charge in [-0.3, -0.25) is 13.9 Å². The Labute approximate surface area is 95.5 Å². The molecule has 2 heterocycles. The summed E-state index contributed by atoms with van der Waals surface area (Å²) in [6.45, 7) is 2.27. The third-order valence-electron chi connectivity index (χ3n) is 2.47. The maximum atomic E-state index is 11.8. The van der Waals surface area contributed by atoms with E-state index < -0.39 is 0 Å². The van der Waals surface area contributed by atoms with E-state index in [4.69, 9.17) is 11.6 Å². The van der Waals surface area contributed by atoms with Crippen LogP contribution < -0.4 is 11.2 Å². The standard InChI is InChI=1S/C9H11ClN4O2/c1-3-14-7-6(11-5(4-10)12-7)8(15)13(2)9(14)16/h3-4H2,1-2H3,(H,11,12). The van der Waals surface area contributed by atoms with Crippen molar-refractivity contribution in [3.8, 4) is 0 Å². The van der Waals surface area contributed by atoms with Crippen molar-refractivity contribution in [3.63, 3.8) is 0 Å². The molecule has 0 fully saturated rings. The molecule has 0 amide bonds. The van der Waals surface area contributed by atoms with Gasteiger partial charge in [0.1, 0.15) is 11.3 Å². The topological polar surface area (TPSA) is 72.7 Å². The highest BCUT2D eigenvalue weighted by Crippen LogP contribution is 2.06. The minimum atomic E-state index is -0.381. The molecular weight excluding hydrogens is 232 g/mol. The fourth-order valence-electron chi connectivity index (χ4n) is 1.63.